The third-order valence-electron chi connectivity index (χ3n) is 4.31. The van der Waals surface area contributed by atoms with Gasteiger partial charge < -0.3 is 10.6 Å². The highest BCUT2D eigenvalue weighted by atomic mass is 35.5. The number of carbonyl (C=O) groups excluding carboxylic acids is 1. The SMILES string of the molecule is CCC(C)C(N)C(=O)N1CCC(c2ccccc2)C1.Cl. The third-order valence-corrected chi connectivity index (χ3v) is 4.31. The van der Waals surface area contributed by atoms with Crippen LogP contribution < -0.4 is 5.73 Å². The first-order valence-electron chi connectivity index (χ1n) is 7.22. The lowest BCUT2D eigenvalue weighted by molar-refractivity contribution is -0.132. The van der Waals surface area contributed by atoms with Crippen LogP contribution in [0, 0.1) is 5.92 Å². The first-order chi connectivity index (χ1) is 9.13. The lowest BCUT2D eigenvalue weighted by Crippen LogP contribution is -2.46. The fourth-order valence-electron chi connectivity index (χ4n) is 2.67. The molecule has 0 aromatic heterocycles. The van der Waals surface area contributed by atoms with Gasteiger partial charge in [-0.1, -0.05) is 50.6 Å². The minimum Gasteiger partial charge on any atom is -0.341 e. The molecule has 1 aliphatic rings. The predicted octanol–water partition coefficient (Wildman–Crippen LogP) is 2.80. The van der Waals surface area contributed by atoms with Crippen LogP contribution in [0.3, 0.4) is 0 Å². The average Bonchev–Trinajstić information content (AvgIpc) is 2.95. The summed E-state index contributed by atoms with van der Waals surface area (Å²) in [7, 11) is 0. The van der Waals surface area contributed by atoms with Crippen molar-refractivity contribution < 1.29 is 4.79 Å². The fraction of sp³-hybridized carbons (Fsp3) is 0.562. The van der Waals surface area contributed by atoms with Crippen LogP contribution >= 0.6 is 12.4 Å². The molecule has 0 bridgehead atoms. The maximum atomic E-state index is 12.3. The molecule has 112 valence electrons. The number of hydrogen-bond donors (Lipinski definition) is 1. The van der Waals surface area contributed by atoms with E-state index in [4.69, 9.17) is 5.73 Å². The molecular weight excluding hydrogens is 272 g/mol. The maximum absolute atomic E-state index is 12.3. The van der Waals surface area contributed by atoms with Crippen molar-refractivity contribution in [2.75, 3.05) is 13.1 Å². The van der Waals surface area contributed by atoms with E-state index < -0.39 is 0 Å². The van der Waals surface area contributed by atoms with Gasteiger partial charge in [-0.2, -0.15) is 0 Å². The van der Waals surface area contributed by atoms with Crippen molar-refractivity contribution in [1.82, 2.24) is 4.90 Å². The third kappa shape index (κ3) is 3.74. The zero-order valence-electron chi connectivity index (χ0n) is 12.3. The van der Waals surface area contributed by atoms with Crippen LogP contribution in [0.4, 0.5) is 0 Å². The molecule has 4 heteroatoms. The molecule has 1 heterocycles. The Kier molecular flexibility index (Phi) is 6.50. The monoisotopic (exact) mass is 296 g/mol. The molecule has 2 N–H and O–H groups in total. The zero-order valence-corrected chi connectivity index (χ0v) is 13.1. The molecule has 1 aromatic carbocycles. The Balaban J connectivity index is 0.00000200. The van der Waals surface area contributed by atoms with Gasteiger partial charge in [-0.15, -0.1) is 12.4 Å². The zero-order chi connectivity index (χ0) is 13.8. The van der Waals surface area contributed by atoms with E-state index in [9.17, 15) is 4.79 Å². The van der Waals surface area contributed by atoms with E-state index in [1.54, 1.807) is 0 Å². The molecule has 0 aliphatic carbocycles. The van der Waals surface area contributed by atoms with Crippen LogP contribution in [0.2, 0.25) is 0 Å². The number of hydrogen-bond acceptors (Lipinski definition) is 2. The lowest BCUT2D eigenvalue weighted by atomic mass is 9.98. The van der Waals surface area contributed by atoms with Crippen LogP contribution in [-0.4, -0.2) is 29.9 Å². The summed E-state index contributed by atoms with van der Waals surface area (Å²) in [5, 5.41) is 0. The summed E-state index contributed by atoms with van der Waals surface area (Å²) in [5.74, 6) is 0.838. The van der Waals surface area contributed by atoms with Crippen molar-refractivity contribution in [3.8, 4) is 0 Å². The summed E-state index contributed by atoms with van der Waals surface area (Å²) in [5.41, 5.74) is 7.37. The highest BCUT2D eigenvalue weighted by Gasteiger charge is 2.31. The topological polar surface area (TPSA) is 46.3 Å². The molecule has 20 heavy (non-hydrogen) atoms. The molecule has 1 aromatic rings. The van der Waals surface area contributed by atoms with Gasteiger partial charge in [0, 0.05) is 19.0 Å². The molecule has 0 saturated carbocycles. The highest BCUT2D eigenvalue weighted by Crippen LogP contribution is 2.27. The second-order valence-electron chi connectivity index (χ2n) is 5.59. The fourth-order valence-corrected chi connectivity index (χ4v) is 2.67. The highest BCUT2D eigenvalue weighted by molar-refractivity contribution is 5.85. The summed E-state index contributed by atoms with van der Waals surface area (Å²) in [6.07, 6.45) is 1.99. The van der Waals surface area contributed by atoms with Gasteiger partial charge in [0.15, 0.2) is 0 Å². The molecule has 1 saturated heterocycles. The molecule has 1 amide bonds. The summed E-state index contributed by atoms with van der Waals surface area (Å²) in [6.45, 7) is 5.78. The smallest absolute Gasteiger partial charge is 0.239 e. The predicted molar refractivity (Wildman–Crippen MR) is 85.1 cm³/mol. The van der Waals surface area contributed by atoms with Crippen molar-refractivity contribution in [3.05, 3.63) is 35.9 Å². The molecule has 1 aliphatic heterocycles. The van der Waals surface area contributed by atoms with E-state index in [1.165, 1.54) is 5.56 Å². The minimum atomic E-state index is -0.348. The lowest BCUT2D eigenvalue weighted by Gasteiger charge is -2.24. The van der Waals surface area contributed by atoms with Gasteiger partial charge in [0.2, 0.25) is 5.91 Å². The molecular formula is C16H25ClN2O. The van der Waals surface area contributed by atoms with Crippen LogP contribution in [0.1, 0.15) is 38.2 Å². The summed E-state index contributed by atoms with van der Waals surface area (Å²) in [6, 6.07) is 10.1. The Morgan fingerprint density at radius 3 is 2.65 bits per heavy atom. The van der Waals surface area contributed by atoms with Gasteiger partial charge in [0.25, 0.3) is 0 Å². The van der Waals surface area contributed by atoms with Gasteiger partial charge in [-0.3, -0.25) is 4.79 Å². The van der Waals surface area contributed by atoms with Crippen LogP contribution in [0.15, 0.2) is 30.3 Å². The number of likely N-dealkylation sites (tertiary alicyclic amines) is 1. The Labute approximate surface area is 127 Å². The Morgan fingerprint density at radius 1 is 1.40 bits per heavy atom. The van der Waals surface area contributed by atoms with Crippen molar-refractivity contribution in [2.45, 2.75) is 38.6 Å². The van der Waals surface area contributed by atoms with E-state index in [0.29, 0.717) is 5.92 Å². The van der Waals surface area contributed by atoms with Crippen LogP contribution in [0.5, 0.6) is 0 Å². The second-order valence-corrected chi connectivity index (χ2v) is 5.59. The van der Waals surface area contributed by atoms with E-state index in [0.717, 1.165) is 25.9 Å². The number of nitrogens with two attached hydrogens (primary N) is 1. The van der Waals surface area contributed by atoms with E-state index >= 15 is 0 Å². The number of rotatable bonds is 4. The maximum Gasteiger partial charge on any atom is 0.239 e. The van der Waals surface area contributed by atoms with Crippen molar-refractivity contribution in [1.29, 1.82) is 0 Å². The van der Waals surface area contributed by atoms with Gasteiger partial charge in [0.1, 0.15) is 0 Å². The number of halogens is 1. The molecule has 0 radical (unpaired) electrons. The second kappa shape index (κ2) is 7.65. The van der Waals surface area contributed by atoms with Gasteiger partial charge in [-0.05, 0) is 17.9 Å². The van der Waals surface area contributed by atoms with Crippen molar-refractivity contribution in [2.24, 2.45) is 11.7 Å². The first-order valence-corrected chi connectivity index (χ1v) is 7.22. The Hall–Kier alpha value is -1.06. The van der Waals surface area contributed by atoms with Gasteiger partial charge in [0.05, 0.1) is 6.04 Å². The number of benzene rings is 1. The van der Waals surface area contributed by atoms with Crippen molar-refractivity contribution >= 4 is 18.3 Å². The Morgan fingerprint density at radius 2 is 2.05 bits per heavy atom. The Bertz CT molecular complexity index is 424. The number of amides is 1. The molecule has 3 unspecified atom stereocenters. The van der Waals surface area contributed by atoms with E-state index in [1.807, 2.05) is 17.9 Å². The minimum absolute atomic E-state index is 0. The first kappa shape index (κ1) is 17.0. The molecule has 3 nitrogen and oxygen atoms in total. The molecule has 2 rings (SSSR count). The summed E-state index contributed by atoms with van der Waals surface area (Å²) >= 11 is 0. The standard InChI is InChI=1S/C16H24N2O.ClH/c1-3-12(2)15(17)16(19)18-10-9-14(11-18)13-7-5-4-6-8-13;/h4-8,12,14-15H,3,9-11,17H2,1-2H3;1H. The van der Waals surface area contributed by atoms with Crippen LogP contribution in [-0.2, 0) is 4.79 Å². The van der Waals surface area contributed by atoms with Gasteiger partial charge >= 0.3 is 0 Å². The van der Waals surface area contributed by atoms with Crippen molar-refractivity contribution in [3.63, 3.8) is 0 Å². The molecule has 3 atom stereocenters. The molecule has 0 spiro atoms. The normalized spacial score (nSPS) is 21.1. The summed E-state index contributed by atoms with van der Waals surface area (Å²) in [4.78, 5) is 14.3. The number of carbonyl (C=O) groups is 1. The molecule has 1 fully saturated rings. The van der Waals surface area contributed by atoms with Gasteiger partial charge in [-0.25, -0.2) is 0 Å². The quantitative estimate of drug-likeness (QED) is 0.929. The van der Waals surface area contributed by atoms with Crippen LogP contribution in [0.25, 0.3) is 0 Å². The number of nitrogens with zero attached hydrogens (tertiary/aromatic N) is 1. The average molecular weight is 297 g/mol. The van der Waals surface area contributed by atoms with E-state index in [-0.39, 0.29) is 30.3 Å². The summed E-state index contributed by atoms with van der Waals surface area (Å²) < 4.78 is 0. The largest absolute Gasteiger partial charge is 0.341 e. The van der Waals surface area contributed by atoms with E-state index in [2.05, 4.69) is 31.2 Å².